The van der Waals surface area contributed by atoms with Crippen LogP contribution in [-0.4, -0.2) is 16.1 Å². The van der Waals surface area contributed by atoms with Gasteiger partial charge in [-0.3, -0.25) is 9.89 Å². The first-order valence-electron chi connectivity index (χ1n) is 7.72. The molecule has 3 aromatic rings. The van der Waals surface area contributed by atoms with Crippen LogP contribution in [0.15, 0.2) is 54.6 Å². The first-order chi connectivity index (χ1) is 11.2. The van der Waals surface area contributed by atoms with Crippen molar-refractivity contribution < 1.29 is 4.79 Å². The Morgan fingerprint density at radius 1 is 1.04 bits per heavy atom. The van der Waals surface area contributed by atoms with E-state index in [1.807, 2.05) is 18.2 Å². The van der Waals surface area contributed by atoms with E-state index in [0.29, 0.717) is 12.2 Å². The molecule has 4 nitrogen and oxygen atoms in total. The van der Waals surface area contributed by atoms with Crippen molar-refractivity contribution in [3.8, 4) is 11.3 Å². The first kappa shape index (κ1) is 13.8. The molecular weight excluding hydrogens is 286 g/mol. The smallest absolute Gasteiger partial charge is 0.226 e. The number of H-pyrrole nitrogens is 1. The monoisotopic (exact) mass is 303 g/mol. The SMILES string of the molecule is Cc1ccc([C@@H]2CC(=O)Nc3n[nH]c(-c4ccccc4)c32)cc1. The number of carbonyl (C=O) groups is 1. The van der Waals surface area contributed by atoms with E-state index in [1.165, 1.54) is 5.56 Å². The number of carbonyl (C=O) groups excluding carboxylic acids is 1. The number of aryl methyl sites for hydroxylation is 1. The summed E-state index contributed by atoms with van der Waals surface area (Å²) in [7, 11) is 0. The van der Waals surface area contributed by atoms with Crippen LogP contribution < -0.4 is 5.32 Å². The lowest BCUT2D eigenvalue weighted by Crippen LogP contribution is -2.23. The molecule has 0 saturated heterocycles. The van der Waals surface area contributed by atoms with E-state index in [-0.39, 0.29) is 11.8 Å². The first-order valence-corrected chi connectivity index (χ1v) is 7.72. The lowest BCUT2D eigenvalue weighted by molar-refractivity contribution is -0.116. The highest BCUT2D eigenvalue weighted by molar-refractivity contribution is 5.96. The number of hydrogen-bond donors (Lipinski definition) is 2. The summed E-state index contributed by atoms with van der Waals surface area (Å²) in [5.74, 6) is 0.674. The van der Waals surface area contributed by atoms with Crippen molar-refractivity contribution in [3.05, 3.63) is 71.3 Å². The third kappa shape index (κ3) is 2.42. The molecule has 114 valence electrons. The maximum atomic E-state index is 12.1. The number of amides is 1. The molecule has 23 heavy (non-hydrogen) atoms. The number of anilines is 1. The molecule has 0 unspecified atom stereocenters. The zero-order chi connectivity index (χ0) is 15.8. The van der Waals surface area contributed by atoms with E-state index < -0.39 is 0 Å². The van der Waals surface area contributed by atoms with Crippen molar-refractivity contribution >= 4 is 11.7 Å². The summed E-state index contributed by atoms with van der Waals surface area (Å²) in [6, 6.07) is 18.5. The van der Waals surface area contributed by atoms with Crippen LogP contribution in [0.2, 0.25) is 0 Å². The third-order valence-electron chi connectivity index (χ3n) is 4.34. The van der Waals surface area contributed by atoms with Gasteiger partial charge in [0.15, 0.2) is 5.82 Å². The molecule has 1 aliphatic heterocycles. The van der Waals surface area contributed by atoms with Crippen molar-refractivity contribution in [3.63, 3.8) is 0 Å². The van der Waals surface area contributed by atoms with E-state index in [4.69, 9.17) is 0 Å². The molecule has 1 atom stereocenters. The predicted octanol–water partition coefficient (Wildman–Crippen LogP) is 3.86. The molecule has 4 rings (SSSR count). The maximum absolute atomic E-state index is 12.1. The second-order valence-electron chi connectivity index (χ2n) is 5.94. The molecule has 2 heterocycles. The fraction of sp³-hybridized carbons (Fsp3) is 0.158. The molecule has 2 N–H and O–H groups in total. The summed E-state index contributed by atoms with van der Waals surface area (Å²) in [5, 5.41) is 10.3. The van der Waals surface area contributed by atoms with Gasteiger partial charge in [0.05, 0.1) is 5.69 Å². The van der Waals surface area contributed by atoms with Gasteiger partial charge in [0.25, 0.3) is 0 Å². The van der Waals surface area contributed by atoms with Crippen molar-refractivity contribution in [1.82, 2.24) is 10.2 Å². The third-order valence-corrected chi connectivity index (χ3v) is 4.34. The molecule has 0 saturated carbocycles. The molecule has 0 fully saturated rings. The highest BCUT2D eigenvalue weighted by Gasteiger charge is 2.31. The van der Waals surface area contributed by atoms with E-state index in [2.05, 4.69) is 58.8 Å². The van der Waals surface area contributed by atoms with Crippen LogP contribution in [0.5, 0.6) is 0 Å². The Morgan fingerprint density at radius 3 is 2.52 bits per heavy atom. The molecule has 0 aliphatic carbocycles. The Balaban J connectivity index is 1.86. The van der Waals surface area contributed by atoms with Gasteiger partial charge in [-0.1, -0.05) is 60.2 Å². The lowest BCUT2D eigenvalue weighted by Gasteiger charge is -2.23. The highest BCUT2D eigenvalue weighted by Crippen LogP contribution is 2.41. The van der Waals surface area contributed by atoms with E-state index in [0.717, 1.165) is 22.4 Å². The minimum absolute atomic E-state index is 0.00851. The van der Waals surface area contributed by atoms with E-state index in [1.54, 1.807) is 0 Å². The number of hydrogen-bond acceptors (Lipinski definition) is 2. The standard InChI is InChI=1S/C19H17N3O/c1-12-7-9-13(10-8-12)15-11-16(23)20-19-17(15)18(21-22-19)14-5-3-2-4-6-14/h2-10,15H,11H2,1H3,(H2,20,21,22,23)/t15-/m0/s1. The Morgan fingerprint density at radius 2 is 1.78 bits per heavy atom. The maximum Gasteiger partial charge on any atom is 0.226 e. The molecule has 2 aromatic carbocycles. The molecule has 0 spiro atoms. The number of fused-ring (bicyclic) bond motifs is 1. The van der Waals surface area contributed by atoms with Crippen molar-refractivity contribution in [2.24, 2.45) is 0 Å². The van der Waals surface area contributed by atoms with Gasteiger partial charge in [0.1, 0.15) is 0 Å². The van der Waals surface area contributed by atoms with Crippen LogP contribution in [-0.2, 0) is 4.79 Å². The van der Waals surface area contributed by atoms with Crippen molar-refractivity contribution in [1.29, 1.82) is 0 Å². The summed E-state index contributed by atoms with van der Waals surface area (Å²) in [4.78, 5) is 12.1. The average molecular weight is 303 g/mol. The topological polar surface area (TPSA) is 57.8 Å². The van der Waals surface area contributed by atoms with Crippen LogP contribution in [0, 0.1) is 6.92 Å². The van der Waals surface area contributed by atoms with Gasteiger partial charge in [0.2, 0.25) is 5.91 Å². The van der Waals surface area contributed by atoms with Crippen molar-refractivity contribution in [2.75, 3.05) is 5.32 Å². The highest BCUT2D eigenvalue weighted by atomic mass is 16.1. The molecular formula is C19H17N3O. The Bertz CT molecular complexity index is 850. The second-order valence-corrected chi connectivity index (χ2v) is 5.94. The summed E-state index contributed by atoms with van der Waals surface area (Å²) in [5.41, 5.74) is 5.48. The van der Waals surface area contributed by atoms with Gasteiger partial charge in [-0.2, -0.15) is 5.10 Å². The summed E-state index contributed by atoms with van der Waals surface area (Å²) in [6.07, 6.45) is 0.440. The van der Waals surface area contributed by atoms with Gasteiger partial charge < -0.3 is 5.32 Å². The average Bonchev–Trinajstić information content (AvgIpc) is 2.99. The van der Waals surface area contributed by atoms with Gasteiger partial charge in [0, 0.05) is 17.9 Å². The summed E-state index contributed by atoms with van der Waals surface area (Å²) in [6.45, 7) is 2.07. The minimum Gasteiger partial charge on any atom is -0.309 e. The molecule has 1 amide bonds. The predicted molar refractivity (Wildman–Crippen MR) is 90.3 cm³/mol. The molecule has 4 heteroatoms. The van der Waals surface area contributed by atoms with Gasteiger partial charge in [-0.05, 0) is 18.1 Å². The molecule has 0 radical (unpaired) electrons. The second kappa shape index (κ2) is 5.39. The number of benzene rings is 2. The normalized spacial score (nSPS) is 16.7. The van der Waals surface area contributed by atoms with Crippen molar-refractivity contribution in [2.45, 2.75) is 19.3 Å². The van der Waals surface area contributed by atoms with Crippen LogP contribution in [0.1, 0.15) is 29.0 Å². The lowest BCUT2D eigenvalue weighted by atomic mass is 9.84. The Labute approximate surface area is 134 Å². The van der Waals surface area contributed by atoms with E-state index >= 15 is 0 Å². The quantitative estimate of drug-likeness (QED) is 0.755. The number of aromatic nitrogens is 2. The fourth-order valence-electron chi connectivity index (χ4n) is 3.16. The number of aromatic amines is 1. The van der Waals surface area contributed by atoms with Crippen LogP contribution in [0.4, 0.5) is 5.82 Å². The summed E-state index contributed by atoms with van der Waals surface area (Å²) < 4.78 is 0. The summed E-state index contributed by atoms with van der Waals surface area (Å²) >= 11 is 0. The number of nitrogens with one attached hydrogen (secondary N) is 2. The minimum atomic E-state index is 0.00851. The van der Waals surface area contributed by atoms with Gasteiger partial charge in [-0.15, -0.1) is 0 Å². The zero-order valence-electron chi connectivity index (χ0n) is 12.8. The van der Waals surface area contributed by atoms with Crippen LogP contribution in [0.3, 0.4) is 0 Å². The molecule has 0 bridgehead atoms. The number of rotatable bonds is 2. The van der Waals surface area contributed by atoms with E-state index in [9.17, 15) is 4.79 Å². The Hall–Kier alpha value is -2.88. The van der Waals surface area contributed by atoms with Crippen LogP contribution >= 0.6 is 0 Å². The zero-order valence-corrected chi connectivity index (χ0v) is 12.8. The van der Waals surface area contributed by atoms with Gasteiger partial charge in [-0.25, -0.2) is 0 Å². The molecule has 1 aliphatic rings. The Kier molecular flexibility index (Phi) is 3.23. The van der Waals surface area contributed by atoms with Crippen LogP contribution in [0.25, 0.3) is 11.3 Å². The van der Waals surface area contributed by atoms with Gasteiger partial charge >= 0.3 is 0 Å². The largest absolute Gasteiger partial charge is 0.309 e. The fourth-order valence-corrected chi connectivity index (χ4v) is 3.16. The number of nitrogens with zero attached hydrogens (tertiary/aromatic N) is 1. The molecule has 1 aromatic heterocycles.